The molecular weight excluding hydrogens is 282 g/mol. The van der Waals surface area contributed by atoms with E-state index in [-0.39, 0.29) is 5.91 Å². The monoisotopic (exact) mass is 297 g/mol. The second kappa shape index (κ2) is 5.51. The van der Waals surface area contributed by atoms with Gasteiger partial charge in [0.15, 0.2) is 0 Å². The predicted molar refractivity (Wildman–Crippen MR) is 71.9 cm³/mol. The highest BCUT2D eigenvalue weighted by molar-refractivity contribution is 9.10. The molecule has 1 fully saturated rings. The standard InChI is InChI=1S/C12H16BrN3O/c13-10-1-2-11(9(7-10)8-14)16-5-3-12(17)15-4-6-16/h1-2,7H,3-6,8,14H2,(H,15,17). The van der Waals surface area contributed by atoms with E-state index in [0.29, 0.717) is 19.5 Å². The van der Waals surface area contributed by atoms with Gasteiger partial charge in [0.2, 0.25) is 5.91 Å². The van der Waals surface area contributed by atoms with E-state index in [1.807, 2.05) is 12.1 Å². The van der Waals surface area contributed by atoms with E-state index < -0.39 is 0 Å². The molecule has 0 saturated carbocycles. The van der Waals surface area contributed by atoms with Crippen molar-refractivity contribution >= 4 is 27.5 Å². The summed E-state index contributed by atoms with van der Waals surface area (Å²) in [7, 11) is 0. The van der Waals surface area contributed by atoms with Crippen molar-refractivity contribution in [3.05, 3.63) is 28.2 Å². The minimum atomic E-state index is 0.124. The van der Waals surface area contributed by atoms with E-state index >= 15 is 0 Å². The van der Waals surface area contributed by atoms with Gasteiger partial charge in [0.1, 0.15) is 0 Å². The van der Waals surface area contributed by atoms with Crippen LogP contribution in [0.4, 0.5) is 5.69 Å². The summed E-state index contributed by atoms with van der Waals surface area (Å²) in [4.78, 5) is 13.5. The second-order valence-electron chi connectivity index (χ2n) is 4.06. The Morgan fingerprint density at radius 2 is 2.24 bits per heavy atom. The molecule has 0 spiro atoms. The highest BCUT2D eigenvalue weighted by Gasteiger charge is 2.15. The van der Waals surface area contributed by atoms with Crippen molar-refractivity contribution in [1.82, 2.24) is 5.32 Å². The van der Waals surface area contributed by atoms with Crippen LogP contribution in [0.3, 0.4) is 0 Å². The molecule has 0 bridgehead atoms. The molecule has 1 aromatic carbocycles. The van der Waals surface area contributed by atoms with Crippen LogP contribution in [0.2, 0.25) is 0 Å². The number of rotatable bonds is 2. The van der Waals surface area contributed by atoms with Gasteiger partial charge in [-0.05, 0) is 23.8 Å². The molecule has 1 saturated heterocycles. The smallest absolute Gasteiger partial charge is 0.221 e. The number of nitrogens with one attached hydrogen (secondary N) is 1. The Bertz CT molecular complexity index is 422. The Balaban J connectivity index is 2.23. The van der Waals surface area contributed by atoms with Gasteiger partial charge in [-0.2, -0.15) is 0 Å². The summed E-state index contributed by atoms with van der Waals surface area (Å²) >= 11 is 3.45. The van der Waals surface area contributed by atoms with Gasteiger partial charge in [0, 0.05) is 42.8 Å². The molecule has 1 aromatic rings. The van der Waals surface area contributed by atoms with E-state index in [1.165, 1.54) is 0 Å². The number of hydrogen-bond donors (Lipinski definition) is 2. The van der Waals surface area contributed by atoms with Crippen molar-refractivity contribution in [2.45, 2.75) is 13.0 Å². The van der Waals surface area contributed by atoms with Crippen LogP contribution in [0.15, 0.2) is 22.7 Å². The molecule has 4 nitrogen and oxygen atoms in total. The summed E-state index contributed by atoms with van der Waals surface area (Å²) in [6.07, 6.45) is 0.542. The van der Waals surface area contributed by atoms with E-state index in [9.17, 15) is 4.79 Å². The van der Waals surface area contributed by atoms with Crippen molar-refractivity contribution in [3.8, 4) is 0 Å². The van der Waals surface area contributed by atoms with E-state index in [2.05, 4.69) is 32.2 Å². The molecule has 92 valence electrons. The number of nitrogens with two attached hydrogens (primary N) is 1. The van der Waals surface area contributed by atoms with Crippen molar-refractivity contribution in [2.75, 3.05) is 24.5 Å². The Hall–Kier alpha value is -1.07. The fraction of sp³-hybridized carbons (Fsp3) is 0.417. The summed E-state index contributed by atoms with van der Waals surface area (Å²) in [6.45, 7) is 2.78. The summed E-state index contributed by atoms with van der Waals surface area (Å²) in [5.74, 6) is 0.124. The molecule has 0 aromatic heterocycles. The van der Waals surface area contributed by atoms with Crippen LogP contribution in [0.1, 0.15) is 12.0 Å². The molecule has 1 amide bonds. The molecule has 1 aliphatic rings. The molecular formula is C12H16BrN3O. The number of hydrogen-bond acceptors (Lipinski definition) is 3. The van der Waals surface area contributed by atoms with Crippen LogP contribution in [0.25, 0.3) is 0 Å². The lowest BCUT2D eigenvalue weighted by Crippen LogP contribution is -2.29. The zero-order valence-electron chi connectivity index (χ0n) is 9.58. The van der Waals surface area contributed by atoms with Gasteiger partial charge >= 0.3 is 0 Å². The zero-order valence-corrected chi connectivity index (χ0v) is 11.2. The summed E-state index contributed by atoms with van der Waals surface area (Å²) in [5.41, 5.74) is 8.00. The number of anilines is 1. The van der Waals surface area contributed by atoms with Gasteiger partial charge in [0.05, 0.1) is 0 Å². The highest BCUT2D eigenvalue weighted by Crippen LogP contribution is 2.24. The topological polar surface area (TPSA) is 58.4 Å². The van der Waals surface area contributed by atoms with E-state index in [1.54, 1.807) is 0 Å². The first-order valence-electron chi connectivity index (χ1n) is 5.71. The Morgan fingerprint density at radius 1 is 1.41 bits per heavy atom. The fourth-order valence-corrected chi connectivity index (χ4v) is 2.44. The van der Waals surface area contributed by atoms with Crippen LogP contribution in [-0.4, -0.2) is 25.5 Å². The minimum Gasteiger partial charge on any atom is -0.369 e. The Labute approximate surface area is 109 Å². The van der Waals surface area contributed by atoms with Gasteiger partial charge in [-0.25, -0.2) is 0 Å². The number of halogens is 1. The van der Waals surface area contributed by atoms with E-state index in [4.69, 9.17) is 5.73 Å². The van der Waals surface area contributed by atoms with Gasteiger partial charge in [-0.1, -0.05) is 15.9 Å². The van der Waals surface area contributed by atoms with Gasteiger partial charge in [-0.3, -0.25) is 4.79 Å². The van der Waals surface area contributed by atoms with Crippen molar-refractivity contribution in [1.29, 1.82) is 0 Å². The summed E-state index contributed by atoms with van der Waals surface area (Å²) in [6, 6.07) is 6.10. The van der Waals surface area contributed by atoms with Gasteiger partial charge in [-0.15, -0.1) is 0 Å². The lowest BCUT2D eigenvalue weighted by molar-refractivity contribution is -0.120. The van der Waals surface area contributed by atoms with Crippen LogP contribution in [0, 0.1) is 0 Å². The molecule has 3 N–H and O–H groups in total. The van der Waals surface area contributed by atoms with Crippen LogP contribution in [-0.2, 0) is 11.3 Å². The fourth-order valence-electron chi connectivity index (χ4n) is 2.03. The van der Waals surface area contributed by atoms with Gasteiger partial charge < -0.3 is 16.0 Å². The SMILES string of the molecule is NCc1cc(Br)ccc1N1CCNC(=O)CC1. The van der Waals surface area contributed by atoms with Crippen molar-refractivity contribution in [3.63, 3.8) is 0 Å². The number of carbonyl (C=O) groups is 1. The molecule has 0 radical (unpaired) electrons. The first-order chi connectivity index (χ1) is 8.20. The lowest BCUT2D eigenvalue weighted by Gasteiger charge is -2.24. The lowest BCUT2D eigenvalue weighted by atomic mass is 10.1. The molecule has 0 unspecified atom stereocenters. The normalized spacial score (nSPS) is 16.6. The first-order valence-corrected chi connectivity index (χ1v) is 6.50. The maximum atomic E-state index is 11.3. The molecule has 17 heavy (non-hydrogen) atoms. The van der Waals surface area contributed by atoms with Crippen molar-refractivity contribution in [2.24, 2.45) is 5.73 Å². The zero-order chi connectivity index (χ0) is 12.3. The quantitative estimate of drug-likeness (QED) is 0.863. The molecule has 1 heterocycles. The summed E-state index contributed by atoms with van der Waals surface area (Å²) < 4.78 is 1.03. The number of nitrogens with zero attached hydrogens (tertiary/aromatic N) is 1. The molecule has 0 aliphatic carbocycles. The summed E-state index contributed by atoms with van der Waals surface area (Å²) in [5, 5.41) is 2.87. The van der Waals surface area contributed by atoms with Crippen molar-refractivity contribution < 1.29 is 4.79 Å². The van der Waals surface area contributed by atoms with E-state index in [0.717, 1.165) is 28.8 Å². The average molecular weight is 298 g/mol. The van der Waals surface area contributed by atoms with Crippen LogP contribution < -0.4 is 16.0 Å². The first kappa shape index (κ1) is 12.4. The maximum Gasteiger partial charge on any atom is 0.221 e. The number of carbonyl (C=O) groups excluding carboxylic acids is 1. The second-order valence-corrected chi connectivity index (χ2v) is 4.98. The number of amides is 1. The largest absolute Gasteiger partial charge is 0.369 e. The third-order valence-corrected chi connectivity index (χ3v) is 3.41. The molecule has 1 aliphatic heterocycles. The number of benzene rings is 1. The molecule has 5 heteroatoms. The average Bonchev–Trinajstić information content (AvgIpc) is 2.54. The maximum absolute atomic E-state index is 11.3. The predicted octanol–water partition coefficient (Wildman–Crippen LogP) is 1.23. The third kappa shape index (κ3) is 2.98. The van der Waals surface area contributed by atoms with Crippen LogP contribution in [0.5, 0.6) is 0 Å². The van der Waals surface area contributed by atoms with Crippen LogP contribution >= 0.6 is 15.9 Å². The van der Waals surface area contributed by atoms with Gasteiger partial charge in [0.25, 0.3) is 0 Å². The minimum absolute atomic E-state index is 0.124. The molecule has 0 atom stereocenters. The Kier molecular flexibility index (Phi) is 4.02. The Morgan fingerprint density at radius 3 is 3.00 bits per heavy atom. The highest BCUT2D eigenvalue weighted by atomic mass is 79.9. The molecule has 2 rings (SSSR count). The third-order valence-electron chi connectivity index (χ3n) is 2.91.